The molecule has 1 aromatic rings. The summed E-state index contributed by atoms with van der Waals surface area (Å²) in [5.74, 6) is 3.19. The molecule has 1 aliphatic heterocycles. The zero-order chi connectivity index (χ0) is 9.10. The lowest BCUT2D eigenvalue weighted by atomic mass is 10.1. The monoisotopic (exact) mass is 215 g/mol. The van der Waals surface area contributed by atoms with Gasteiger partial charge in [0.25, 0.3) is 0 Å². The molecule has 0 bridgehead atoms. The summed E-state index contributed by atoms with van der Waals surface area (Å²) >= 11 is 3.77. The van der Waals surface area contributed by atoms with Gasteiger partial charge < -0.3 is 5.11 Å². The van der Waals surface area contributed by atoms with Crippen LogP contribution in [0.1, 0.15) is 23.0 Å². The second-order valence-corrected chi connectivity index (χ2v) is 5.25. The van der Waals surface area contributed by atoms with Gasteiger partial charge in [-0.25, -0.2) is 4.98 Å². The predicted octanol–water partition coefficient (Wildman–Crippen LogP) is 1.90. The Morgan fingerprint density at radius 1 is 1.62 bits per heavy atom. The molecule has 2 rings (SSSR count). The van der Waals surface area contributed by atoms with Gasteiger partial charge in [0.2, 0.25) is 0 Å². The van der Waals surface area contributed by atoms with Crippen molar-refractivity contribution in [3.63, 3.8) is 0 Å². The molecule has 0 radical (unpaired) electrons. The summed E-state index contributed by atoms with van der Waals surface area (Å²) in [4.78, 5) is 4.53. The maximum absolute atomic E-state index is 8.75. The lowest BCUT2D eigenvalue weighted by Crippen LogP contribution is -1.97. The smallest absolute Gasteiger partial charge is 0.0967 e. The molecule has 1 saturated heterocycles. The van der Waals surface area contributed by atoms with Gasteiger partial charge in [0.1, 0.15) is 0 Å². The minimum atomic E-state index is 0.211. The first-order valence-electron chi connectivity index (χ1n) is 4.53. The number of thioether (sulfide) groups is 1. The molecule has 2 heterocycles. The fraction of sp³-hybridized carbons (Fsp3) is 0.667. The first-order valence-corrected chi connectivity index (χ1v) is 6.56. The van der Waals surface area contributed by atoms with Crippen molar-refractivity contribution in [3.8, 4) is 0 Å². The SMILES string of the molecule is OCCc1csc(C2CCSC2)n1. The minimum Gasteiger partial charge on any atom is -0.396 e. The summed E-state index contributed by atoms with van der Waals surface area (Å²) < 4.78 is 0. The van der Waals surface area contributed by atoms with Crippen molar-refractivity contribution >= 4 is 23.1 Å². The third-order valence-electron chi connectivity index (χ3n) is 2.22. The Hall–Kier alpha value is -0.0600. The number of hydrogen-bond donors (Lipinski definition) is 1. The molecule has 0 aromatic carbocycles. The minimum absolute atomic E-state index is 0.211. The molecule has 1 fully saturated rings. The van der Waals surface area contributed by atoms with Gasteiger partial charge in [-0.2, -0.15) is 11.8 Å². The number of nitrogens with zero attached hydrogens (tertiary/aromatic N) is 1. The standard InChI is InChI=1S/C9H13NOS2/c11-3-1-8-6-13-9(10-8)7-2-4-12-5-7/h6-7,11H,1-5H2. The van der Waals surface area contributed by atoms with Gasteiger partial charge in [-0.05, 0) is 12.2 Å². The normalized spacial score (nSPS) is 22.4. The third-order valence-corrected chi connectivity index (χ3v) is 4.43. The average molecular weight is 215 g/mol. The molecule has 1 unspecified atom stereocenters. The zero-order valence-corrected chi connectivity index (χ0v) is 9.03. The van der Waals surface area contributed by atoms with Crippen molar-refractivity contribution in [1.82, 2.24) is 4.98 Å². The van der Waals surface area contributed by atoms with E-state index in [1.54, 1.807) is 11.3 Å². The second kappa shape index (κ2) is 4.44. The van der Waals surface area contributed by atoms with Gasteiger partial charge in [-0.1, -0.05) is 0 Å². The summed E-state index contributed by atoms with van der Waals surface area (Å²) in [6, 6.07) is 0. The van der Waals surface area contributed by atoms with Gasteiger partial charge >= 0.3 is 0 Å². The van der Waals surface area contributed by atoms with Gasteiger partial charge in [0.05, 0.1) is 10.7 Å². The molecule has 13 heavy (non-hydrogen) atoms. The van der Waals surface area contributed by atoms with E-state index in [0.29, 0.717) is 12.3 Å². The number of hydrogen-bond acceptors (Lipinski definition) is 4. The molecule has 1 aromatic heterocycles. The van der Waals surface area contributed by atoms with E-state index >= 15 is 0 Å². The van der Waals surface area contributed by atoms with Gasteiger partial charge in [0, 0.05) is 30.1 Å². The van der Waals surface area contributed by atoms with Crippen molar-refractivity contribution < 1.29 is 5.11 Å². The summed E-state index contributed by atoms with van der Waals surface area (Å²) in [6.07, 6.45) is 1.98. The highest BCUT2D eigenvalue weighted by atomic mass is 32.2. The maximum Gasteiger partial charge on any atom is 0.0967 e. The number of aromatic nitrogens is 1. The first kappa shape index (κ1) is 9.49. The van der Waals surface area contributed by atoms with Crippen LogP contribution in [0.25, 0.3) is 0 Å². The molecule has 0 aliphatic carbocycles. The fourth-order valence-electron chi connectivity index (χ4n) is 1.47. The molecular formula is C9H13NOS2. The van der Waals surface area contributed by atoms with E-state index in [1.807, 2.05) is 11.8 Å². The van der Waals surface area contributed by atoms with E-state index in [9.17, 15) is 0 Å². The first-order chi connectivity index (χ1) is 6.40. The summed E-state index contributed by atoms with van der Waals surface area (Å²) in [5.41, 5.74) is 1.06. The fourth-order valence-corrected chi connectivity index (χ4v) is 3.79. The van der Waals surface area contributed by atoms with Gasteiger partial charge in [0.15, 0.2) is 0 Å². The molecular weight excluding hydrogens is 202 g/mol. The Kier molecular flexibility index (Phi) is 3.24. The largest absolute Gasteiger partial charge is 0.396 e. The quantitative estimate of drug-likeness (QED) is 0.836. The van der Waals surface area contributed by atoms with E-state index in [0.717, 1.165) is 5.69 Å². The van der Waals surface area contributed by atoms with Crippen LogP contribution in [0.4, 0.5) is 0 Å². The zero-order valence-electron chi connectivity index (χ0n) is 7.40. The van der Waals surface area contributed by atoms with Crippen molar-refractivity contribution in [2.45, 2.75) is 18.8 Å². The third kappa shape index (κ3) is 2.24. The van der Waals surface area contributed by atoms with Crippen LogP contribution in [-0.2, 0) is 6.42 Å². The Balaban J connectivity index is 2.03. The van der Waals surface area contributed by atoms with Crippen molar-refractivity contribution in [1.29, 1.82) is 0 Å². The van der Waals surface area contributed by atoms with Crippen molar-refractivity contribution in [3.05, 3.63) is 16.1 Å². The van der Waals surface area contributed by atoms with Crippen LogP contribution in [0.2, 0.25) is 0 Å². The number of rotatable bonds is 3. The number of thiazole rings is 1. The Bertz CT molecular complexity index is 268. The summed E-state index contributed by atoms with van der Waals surface area (Å²) in [6.45, 7) is 0.211. The molecule has 0 spiro atoms. The molecule has 0 amide bonds. The summed E-state index contributed by atoms with van der Waals surface area (Å²) in [5, 5.41) is 12.1. The van der Waals surface area contributed by atoms with E-state index < -0.39 is 0 Å². The molecule has 1 aliphatic rings. The lowest BCUT2D eigenvalue weighted by molar-refractivity contribution is 0.298. The highest BCUT2D eigenvalue weighted by molar-refractivity contribution is 7.99. The average Bonchev–Trinajstić information content (AvgIpc) is 2.70. The van der Waals surface area contributed by atoms with E-state index in [1.165, 1.54) is 22.9 Å². The molecule has 1 N–H and O–H groups in total. The van der Waals surface area contributed by atoms with Gasteiger partial charge in [-0.3, -0.25) is 0 Å². The van der Waals surface area contributed by atoms with E-state index in [2.05, 4.69) is 10.4 Å². The highest BCUT2D eigenvalue weighted by Crippen LogP contribution is 2.33. The van der Waals surface area contributed by atoms with Crippen molar-refractivity contribution in [2.24, 2.45) is 0 Å². The van der Waals surface area contributed by atoms with E-state index in [-0.39, 0.29) is 6.61 Å². The molecule has 72 valence electrons. The van der Waals surface area contributed by atoms with Crippen LogP contribution < -0.4 is 0 Å². The maximum atomic E-state index is 8.75. The van der Waals surface area contributed by atoms with Crippen LogP contribution in [-0.4, -0.2) is 28.2 Å². The number of aliphatic hydroxyl groups is 1. The number of aliphatic hydroxyl groups excluding tert-OH is 1. The second-order valence-electron chi connectivity index (χ2n) is 3.21. The topological polar surface area (TPSA) is 33.1 Å². The van der Waals surface area contributed by atoms with Crippen LogP contribution in [0.5, 0.6) is 0 Å². The molecule has 0 saturated carbocycles. The Morgan fingerprint density at radius 2 is 2.54 bits per heavy atom. The Labute approximate surface area is 86.4 Å². The van der Waals surface area contributed by atoms with Crippen molar-refractivity contribution in [2.75, 3.05) is 18.1 Å². The molecule has 4 heteroatoms. The molecule has 2 nitrogen and oxygen atoms in total. The Morgan fingerprint density at radius 3 is 3.23 bits per heavy atom. The highest BCUT2D eigenvalue weighted by Gasteiger charge is 2.20. The summed E-state index contributed by atoms with van der Waals surface area (Å²) in [7, 11) is 0. The van der Waals surface area contributed by atoms with Gasteiger partial charge in [-0.15, -0.1) is 11.3 Å². The lowest BCUT2D eigenvalue weighted by Gasteiger charge is -2.01. The predicted molar refractivity (Wildman–Crippen MR) is 57.6 cm³/mol. The van der Waals surface area contributed by atoms with Crippen LogP contribution >= 0.6 is 23.1 Å². The van der Waals surface area contributed by atoms with Crippen LogP contribution in [0.3, 0.4) is 0 Å². The van der Waals surface area contributed by atoms with E-state index in [4.69, 9.17) is 5.11 Å². The molecule has 1 atom stereocenters. The van der Waals surface area contributed by atoms with Crippen LogP contribution in [0, 0.1) is 0 Å². The van der Waals surface area contributed by atoms with Crippen LogP contribution in [0.15, 0.2) is 5.38 Å².